The molecule has 0 aromatic carbocycles. The third kappa shape index (κ3) is 8.43. The van der Waals surface area contributed by atoms with Crippen LogP contribution in [0, 0.1) is 11.8 Å². The zero-order chi connectivity index (χ0) is 14.7. The van der Waals surface area contributed by atoms with Crippen molar-refractivity contribution < 1.29 is 0 Å². The molecule has 2 aliphatic heterocycles. The first-order valence-electron chi connectivity index (χ1n) is 8.21. The molecule has 0 amide bonds. The fourth-order valence-corrected chi connectivity index (χ4v) is 2.37. The van der Waals surface area contributed by atoms with Gasteiger partial charge in [0, 0.05) is 19.1 Å². The van der Waals surface area contributed by atoms with Crippen LogP contribution in [0.25, 0.3) is 0 Å². The zero-order valence-corrected chi connectivity index (χ0v) is 14.1. The number of hydrogen-bond acceptors (Lipinski definition) is 2. The Labute approximate surface area is 121 Å². The predicted octanol–water partition coefficient (Wildman–Crippen LogP) is 3.93. The van der Waals surface area contributed by atoms with E-state index in [0.717, 1.165) is 24.4 Å². The minimum atomic E-state index is 0.718. The van der Waals surface area contributed by atoms with Crippen LogP contribution in [0.5, 0.6) is 0 Å². The lowest BCUT2D eigenvalue weighted by Gasteiger charge is -2.26. The van der Waals surface area contributed by atoms with Crippen molar-refractivity contribution in [3.8, 4) is 0 Å². The second-order valence-corrected chi connectivity index (χ2v) is 5.85. The number of hydrogen-bond donors (Lipinski definition) is 1. The molecule has 2 heteroatoms. The Morgan fingerprint density at radius 2 is 1.79 bits per heavy atom. The van der Waals surface area contributed by atoms with Gasteiger partial charge in [-0.1, -0.05) is 39.8 Å². The van der Waals surface area contributed by atoms with Gasteiger partial charge >= 0.3 is 0 Å². The molecule has 19 heavy (non-hydrogen) atoms. The molecule has 2 heterocycles. The van der Waals surface area contributed by atoms with E-state index in [-0.39, 0.29) is 0 Å². The molecular weight excluding hydrogens is 232 g/mol. The standard InChI is InChI=1S/C8H15N.C7H15N.C2H6/c1-8(2)9-6-4-3-5-7-9;1-6(2)7-3-4-8-5-7;1-2/h3-4,8H,5-7H2,1-2H3;6-8H,3-5H2,1-2H3;1-2H3. The van der Waals surface area contributed by atoms with E-state index in [1.807, 2.05) is 13.8 Å². The summed E-state index contributed by atoms with van der Waals surface area (Å²) in [7, 11) is 0. The van der Waals surface area contributed by atoms with E-state index in [2.05, 4.69) is 50.1 Å². The third-order valence-corrected chi connectivity index (χ3v) is 3.86. The van der Waals surface area contributed by atoms with Crippen LogP contribution < -0.4 is 5.32 Å². The van der Waals surface area contributed by atoms with E-state index in [0.29, 0.717) is 0 Å². The lowest BCUT2D eigenvalue weighted by atomic mass is 9.96. The quantitative estimate of drug-likeness (QED) is 0.763. The molecule has 0 aromatic heterocycles. The van der Waals surface area contributed by atoms with Gasteiger partial charge in [-0.15, -0.1) is 0 Å². The number of nitrogens with one attached hydrogen (secondary N) is 1. The molecular formula is C17H36N2. The first kappa shape index (κ1) is 18.7. The third-order valence-electron chi connectivity index (χ3n) is 3.86. The smallest absolute Gasteiger partial charge is 0.0166 e. The summed E-state index contributed by atoms with van der Waals surface area (Å²) in [6.45, 7) is 18.0. The van der Waals surface area contributed by atoms with Crippen LogP contribution in [0.2, 0.25) is 0 Å². The van der Waals surface area contributed by atoms with Crippen molar-refractivity contribution in [2.75, 3.05) is 26.2 Å². The van der Waals surface area contributed by atoms with Gasteiger partial charge in [0.25, 0.3) is 0 Å². The summed E-state index contributed by atoms with van der Waals surface area (Å²) in [4.78, 5) is 2.47. The highest BCUT2D eigenvalue weighted by Crippen LogP contribution is 2.16. The normalized spacial score (nSPS) is 22.8. The van der Waals surface area contributed by atoms with Crippen molar-refractivity contribution in [1.29, 1.82) is 0 Å². The average Bonchev–Trinajstić information content (AvgIpc) is 2.97. The van der Waals surface area contributed by atoms with Gasteiger partial charge in [-0.3, -0.25) is 4.90 Å². The van der Waals surface area contributed by atoms with E-state index >= 15 is 0 Å². The fourth-order valence-electron chi connectivity index (χ4n) is 2.37. The Bertz CT molecular complexity index is 215. The van der Waals surface area contributed by atoms with Gasteiger partial charge in [-0.05, 0) is 51.6 Å². The molecule has 0 bridgehead atoms. The van der Waals surface area contributed by atoms with Crippen molar-refractivity contribution in [1.82, 2.24) is 10.2 Å². The molecule has 0 radical (unpaired) electrons. The summed E-state index contributed by atoms with van der Waals surface area (Å²) in [5.41, 5.74) is 0. The summed E-state index contributed by atoms with van der Waals surface area (Å²) in [5, 5.41) is 3.35. The van der Waals surface area contributed by atoms with Crippen molar-refractivity contribution >= 4 is 0 Å². The average molecular weight is 268 g/mol. The van der Waals surface area contributed by atoms with Gasteiger partial charge in [0.2, 0.25) is 0 Å². The molecule has 2 nitrogen and oxygen atoms in total. The minimum Gasteiger partial charge on any atom is -0.316 e. The Balaban J connectivity index is 0.000000303. The molecule has 2 aliphatic rings. The number of nitrogens with zero attached hydrogens (tertiary/aromatic N) is 1. The molecule has 0 aliphatic carbocycles. The van der Waals surface area contributed by atoms with Crippen LogP contribution >= 0.6 is 0 Å². The van der Waals surface area contributed by atoms with Gasteiger partial charge in [0.1, 0.15) is 0 Å². The molecule has 0 aromatic rings. The van der Waals surface area contributed by atoms with Crippen molar-refractivity contribution in [2.24, 2.45) is 11.8 Å². The van der Waals surface area contributed by atoms with Crippen molar-refractivity contribution in [2.45, 2.75) is 60.4 Å². The van der Waals surface area contributed by atoms with Crippen LogP contribution in [-0.2, 0) is 0 Å². The van der Waals surface area contributed by atoms with Crippen LogP contribution in [0.1, 0.15) is 54.4 Å². The van der Waals surface area contributed by atoms with E-state index in [9.17, 15) is 0 Å². The maximum absolute atomic E-state index is 3.35. The van der Waals surface area contributed by atoms with Gasteiger partial charge in [0.15, 0.2) is 0 Å². The highest BCUT2D eigenvalue weighted by Gasteiger charge is 2.16. The second-order valence-electron chi connectivity index (χ2n) is 5.85. The van der Waals surface area contributed by atoms with E-state index in [1.165, 1.54) is 32.5 Å². The summed E-state index contributed by atoms with van der Waals surface area (Å²) >= 11 is 0. The Morgan fingerprint density at radius 3 is 2.05 bits per heavy atom. The highest BCUT2D eigenvalue weighted by atomic mass is 15.1. The molecule has 1 unspecified atom stereocenters. The Kier molecular flexibility index (Phi) is 11.3. The topological polar surface area (TPSA) is 15.3 Å². The zero-order valence-electron chi connectivity index (χ0n) is 14.1. The van der Waals surface area contributed by atoms with E-state index < -0.39 is 0 Å². The lowest BCUT2D eigenvalue weighted by Crippen LogP contribution is -2.33. The largest absolute Gasteiger partial charge is 0.316 e. The first-order valence-corrected chi connectivity index (χ1v) is 8.21. The minimum absolute atomic E-state index is 0.718. The first-order chi connectivity index (χ1) is 9.11. The summed E-state index contributed by atoms with van der Waals surface area (Å²) in [6, 6.07) is 0.718. The SMILES string of the molecule is CC.CC(C)C1CCNC1.CC(C)N1CC=CCC1. The Hall–Kier alpha value is -0.340. The molecule has 1 saturated heterocycles. The maximum atomic E-state index is 3.35. The molecule has 2 rings (SSSR count). The van der Waals surface area contributed by atoms with Gasteiger partial charge in [-0.2, -0.15) is 0 Å². The Morgan fingerprint density at radius 1 is 1.11 bits per heavy atom. The van der Waals surface area contributed by atoms with Crippen LogP contribution in [-0.4, -0.2) is 37.1 Å². The van der Waals surface area contributed by atoms with E-state index in [1.54, 1.807) is 0 Å². The van der Waals surface area contributed by atoms with Crippen molar-refractivity contribution in [3.63, 3.8) is 0 Å². The maximum Gasteiger partial charge on any atom is 0.0166 e. The highest BCUT2D eigenvalue weighted by molar-refractivity contribution is 4.91. The summed E-state index contributed by atoms with van der Waals surface area (Å²) < 4.78 is 0. The second kappa shape index (κ2) is 11.5. The summed E-state index contributed by atoms with van der Waals surface area (Å²) in [5.74, 6) is 1.83. The van der Waals surface area contributed by atoms with Gasteiger partial charge < -0.3 is 5.32 Å². The molecule has 1 fully saturated rings. The number of rotatable bonds is 2. The molecule has 1 N–H and O–H groups in total. The fraction of sp³-hybridized carbons (Fsp3) is 0.882. The predicted molar refractivity (Wildman–Crippen MR) is 87.6 cm³/mol. The van der Waals surface area contributed by atoms with Crippen LogP contribution in [0.3, 0.4) is 0 Å². The molecule has 114 valence electrons. The van der Waals surface area contributed by atoms with Gasteiger partial charge in [-0.25, -0.2) is 0 Å². The lowest BCUT2D eigenvalue weighted by molar-refractivity contribution is 0.243. The monoisotopic (exact) mass is 268 g/mol. The molecule has 1 atom stereocenters. The van der Waals surface area contributed by atoms with Crippen LogP contribution in [0.15, 0.2) is 12.2 Å². The van der Waals surface area contributed by atoms with Crippen LogP contribution in [0.4, 0.5) is 0 Å². The molecule has 0 saturated carbocycles. The molecule has 0 spiro atoms. The van der Waals surface area contributed by atoms with E-state index in [4.69, 9.17) is 0 Å². The summed E-state index contributed by atoms with van der Waals surface area (Å²) in [6.07, 6.45) is 7.14. The van der Waals surface area contributed by atoms with Gasteiger partial charge in [0.05, 0.1) is 0 Å². The van der Waals surface area contributed by atoms with Crippen molar-refractivity contribution in [3.05, 3.63) is 12.2 Å².